The van der Waals surface area contributed by atoms with E-state index in [0.717, 1.165) is 24.8 Å². The van der Waals surface area contributed by atoms with E-state index in [1.807, 2.05) is 6.07 Å². The minimum atomic E-state index is -3.42. The van der Waals surface area contributed by atoms with Crippen LogP contribution in [0.5, 0.6) is 0 Å². The maximum atomic E-state index is 11.6. The van der Waals surface area contributed by atoms with E-state index in [1.165, 1.54) is 12.0 Å². The molecule has 94 valence electrons. The summed E-state index contributed by atoms with van der Waals surface area (Å²) in [6, 6.07) is 5.72. The number of hydrogen-bond acceptors (Lipinski definition) is 3. The molecule has 0 atom stereocenters. The lowest BCUT2D eigenvalue weighted by Gasteiger charge is -2.19. The van der Waals surface area contributed by atoms with Crippen LogP contribution in [-0.4, -0.2) is 25.9 Å². The highest BCUT2D eigenvalue weighted by atomic mass is 32.2. The highest BCUT2D eigenvalue weighted by Gasteiger charge is 2.16. The van der Waals surface area contributed by atoms with Gasteiger partial charge in [0, 0.05) is 0 Å². The van der Waals surface area contributed by atoms with Gasteiger partial charge in [-0.1, -0.05) is 12.1 Å². The zero-order valence-corrected chi connectivity index (χ0v) is 10.5. The summed E-state index contributed by atoms with van der Waals surface area (Å²) >= 11 is 0. The summed E-state index contributed by atoms with van der Waals surface area (Å²) < 4.78 is 25.8. The minimum Gasteiger partial charge on any atom is -0.395 e. The third kappa shape index (κ3) is 2.98. The molecule has 0 saturated carbocycles. The monoisotopic (exact) mass is 255 g/mol. The van der Waals surface area contributed by atoms with Gasteiger partial charge >= 0.3 is 0 Å². The second kappa shape index (κ2) is 5.06. The molecule has 0 aromatic heterocycles. The summed E-state index contributed by atoms with van der Waals surface area (Å²) in [7, 11) is -3.42. The summed E-state index contributed by atoms with van der Waals surface area (Å²) in [6.07, 6.45) is 4.21. The smallest absolute Gasteiger partial charge is 0.234 e. The molecule has 17 heavy (non-hydrogen) atoms. The number of anilines is 1. The molecule has 0 saturated heterocycles. The lowest BCUT2D eigenvalue weighted by molar-refractivity contribution is 0.320. The maximum absolute atomic E-state index is 11.6. The van der Waals surface area contributed by atoms with Crippen molar-refractivity contribution in [2.45, 2.75) is 25.7 Å². The quantitative estimate of drug-likeness (QED) is 0.852. The Morgan fingerprint density at radius 3 is 2.76 bits per heavy atom. The van der Waals surface area contributed by atoms with Gasteiger partial charge in [-0.25, -0.2) is 8.42 Å². The molecule has 1 aromatic carbocycles. The summed E-state index contributed by atoms with van der Waals surface area (Å²) in [5.41, 5.74) is 3.02. The van der Waals surface area contributed by atoms with Gasteiger partial charge in [0.05, 0.1) is 18.0 Å². The van der Waals surface area contributed by atoms with E-state index in [2.05, 4.69) is 10.8 Å². The van der Waals surface area contributed by atoms with Crippen molar-refractivity contribution in [3.05, 3.63) is 29.3 Å². The van der Waals surface area contributed by atoms with Crippen LogP contribution in [0.4, 0.5) is 5.69 Å². The highest BCUT2D eigenvalue weighted by molar-refractivity contribution is 7.92. The first-order chi connectivity index (χ1) is 8.12. The van der Waals surface area contributed by atoms with Crippen LogP contribution in [0.3, 0.4) is 0 Å². The number of benzene rings is 1. The Hall–Kier alpha value is -1.07. The molecule has 0 heterocycles. The second-order valence-corrected chi connectivity index (χ2v) is 6.14. The van der Waals surface area contributed by atoms with Gasteiger partial charge < -0.3 is 5.11 Å². The molecule has 0 radical (unpaired) electrons. The van der Waals surface area contributed by atoms with Gasteiger partial charge in [-0.15, -0.1) is 0 Å². The van der Waals surface area contributed by atoms with E-state index >= 15 is 0 Å². The Labute approximate surface area is 102 Å². The number of nitrogens with one attached hydrogen (secondary N) is 1. The normalized spacial score (nSPS) is 15.4. The van der Waals surface area contributed by atoms with Crippen LogP contribution >= 0.6 is 0 Å². The van der Waals surface area contributed by atoms with Gasteiger partial charge in [-0.2, -0.15) is 0 Å². The number of fused-ring (bicyclic) bond motifs is 1. The predicted octanol–water partition coefficient (Wildman–Crippen LogP) is 1.30. The molecule has 0 bridgehead atoms. The van der Waals surface area contributed by atoms with Crippen molar-refractivity contribution < 1.29 is 13.5 Å². The zero-order valence-electron chi connectivity index (χ0n) is 9.65. The Morgan fingerprint density at radius 2 is 2.00 bits per heavy atom. The lowest BCUT2D eigenvalue weighted by atomic mass is 9.91. The minimum absolute atomic E-state index is 0.253. The standard InChI is InChI=1S/C12H17NO3S/c14-8-9-17(15,16)13-12-7-3-5-10-4-1-2-6-11(10)12/h3,5,7,13-14H,1-2,4,6,8-9H2. The number of aliphatic hydroxyl groups excluding tert-OH is 1. The van der Waals surface area contributed by atoms with Gasteiger partial charge in [-0.3, -0.25) is 4.72 Å². The molecule has 0 aliphatic heterocycles. The number of rotatable bonds is 4. The fraction of sp³-hybridized carbons (Fsp3) is 0.500. The molecule has 1 aliphatic carbocycles. The van der Waals surface area contributed by atoms with Crippen LogP contribution in [0.15, 0.2) is 18.2 Å². The van der Waals surface area contributed by atoms with Crippen molar-refractivity contribution in [1.82, 2.24) is 0 Å². The Morgan fingerprint density at radius 1 is 1.24 bits per heavy atom. The SMILES string of the molecule is O=S(=O)(CCO)Nc1cccc2c1CCCC2. The van der Waals surface area contributed by atoms with Crippen molar-refractivity contribution in [2.75, 3.05) is 17.1 Å². The molecule has 2 N–H and O–H groups in total. The van der Waals surface area contributed by atoms with E-state index in [1.54, 1.807) is 6.07 Å². The van der Waals surface area contributed by atoms with Crippen molar-refractivity contribution in [3.8, 4) is 0 Å². The van der Waals surface area contributed by atoms with Crippen molar-refractivity contribution in [2.24, 2.45) is 0 Å². The first-order valence-corrected chi connectivity index (χ1v) is 7.50. The number of sulfonamides is 1. The number of aliphatic hydroxyl groups is 1. The van der Waals surface area contributed by atoms with Gasteiger partial charge in [0.15, 0.2) is 0 Å². The van der Waals surface area contributed by atoms with Crippen molar-refractivity contribution in [1.29, 1.82) is 0 Å². The van der Waals surface area contributed by atoms with E-state index in [-0.39, 0.29) is 12.4 Å². The van der Waals surface area contributed by atoms with Crippen molar-refractivity contribution in [3.63, 3.8) is 0 Å². The first kappa shape index (κ1) is 12.4. The summed E-state index contributed by atoms with van der Waals surface area (Å²) in [5, 5.41) is 8.70. The van der Waals surface area contributed by atoms with Gasteiger partial charge in [-0.05, 0) is 42.9 Å². The third-order valence-electron chi connectivity index (χ3n) is 3.02. The van der Waals surface area contributed by atoms with Gasteiger partial charge in [0.1, 0.15) is 0 Å². The van der Waals surface area contributed by atoms with Crippen LogP contribution in [-0.2, 0) is 22.9 Å². The first-order valence-electron chi connectivity index (χ1n) is 5.84. The average molecular weight is 255 g/mol. The van der Waals surface area contributed by atoms with Crippen LogP contribution in [0.1, 0.15) is 24.0 Å². The topological polar surface area (TPSA) is 66.4 Å². The summed E-state index contributed by atoms with van der Waals surface area (Å²) in [6.45, 7) is -0.357. The van der Waals surface area contributed by atoms with E-state index in [4.69, 9.17) is 5.11 Å². The van der Waals surface area contributed by atoms with Crippen LogP contribution in [0.25, 0.3) is 0 Å². The summed E-state index contributed by atoms with van der Waals surface area (Å²) in [5.74, 6) is -0.253. The van der Waals surface area contributed by atoms with Crippen LogP contribution in [0.2, 0.25) is 0 Å². The molecule has 4 nitrogen and oxygen atoms in total. The van der Waals surface area contributed by atoms with Gasteiger partial charge in [0.2, 0.25) is 10.0 Å². The van der Waals surface area contributed by atoms with E-state index in [0.29, 0.717) is 5.69 Å². The molecule has 1 aliphatic rings. The fourth-order valence-corrected chi connectivity index (χ4v) is 3.08. The fourth-order valence-electron chi connectivity index (χ4n) is 2.22. The van der Waals surface area contributed by atoms with E-state index < -0.39 is 10.0 Å². The van der Waals surface area contributed by atoms with E-state index in [9.17, 15) is 8.42 Å². The molecule has 1 aromatic rings. The molecule has 5 heteroatoms. The lowest BCUT2D eigenvalue weighted by Crippen LogP contribution is -2.20. The molecule has 0 fully saturated rings. The number of hydrogen-bond donors (Lipinski definition) is 2. The molecular formula is C12H17NO3S. The number of aryl methyl sites for hydroxylation is 1. The molecule has 0 unspecified atom stereocenters. The Kier molecular flexibility index (Phi) is 3.69. The molecule has 0 spiro atoms. The molecule has 2 rings (SSSR count). The van der Waals surface area contributed by atoms with Crippen LogP contribution < -0.4 is 4.72 Å². The molecule has 0 amide bonds. The van der Waals surface area contributed by atoms with Crippen molar-refractivity contribution >= 4 is 15.7 Å². The van der Waals surface area contributed by atoms with Gasteiger partial charge in [0.25, 0.3) is 0 Å². The highest BCUT2D eigenvalue weighted by Crippen LogP contribution is 2.28. The zero-order chi connectivity index (χ0) is 12.3. The second-order valence-electron chi connectivity index (χ2n) is 4.29. The maximum Gasteiger partial charge on any atom is 0.234 e. The third-order valence-corrected chi connectivity index (χ3v) is 4.27. The van der Waals surface area contributed by atoms with Crippen LogP contribution in [0, 0.1) is 0 Å². The molecular weight excluding hydrogens is 238 g/mol. The summed E-state index contributed by atoms with van der Waals surface area (Å²) in [4.78, 5) is 0. The largest absolute Gasteiger partial charge is 0.395 e. The Bertz CT molecular complexity index is 496. The average Bonchev–Trinajstić information content (AvgIpc) is 2.29. The predicted molar refractivity (Wildman–Crippen MR) is 67.6 cm³/mol. The Balaban J connectivity index is 2.27.